The molecule has 6 heteroatoms. The highest BCUT2D eigenvalue weighted by molar-refractivity contribution is 6.00. The molecule has 0 aliphatic heterocycles. The summed E-state index contributed by atoms with van der Waals surface area (Å²) in [7, 11) is 2.92. The number of rotatable bonds is 6. The van der Waals surface area contributed by atoms with Crippen molar-refractivity contribution in [1.29, 1.82) is 0 Å². The van der Waals surface area contributed by atoms with E-state index in [0.29, 0.717) is 11.5 Å². The largest absolute Gasteiger partial charge is 0.497 e. The Labute approximate surface area is 117 Å². The summed E-state index contributed by atoms with van der Waals surface area (Å²) < 4.78 is 10.2. The normalized spacial score (nSPS) is 13.2. The first-order valence-electron chi connectivity index (χ1n) is 6.16. The van der Waals surface area contributed by atoms with Crippen LogP contribution in [0.1, 0.15) is 30.6 Å². The first-order valence-corrected chi connectivity index (χ1v) is 6.16. The molecule has 0 radical (unpaired) electrons. The van der Waals surface area contributed by atoms with E-state index in [2.05, 4.69) is 5.32 Å². The average molecular weight is 281 g/mol. The molecule has 0 aliphatic rings. The van der Waals surface area contributed by atoms with Crippen molar-refractivity contribution in [3.05, 3.63) is 23.8 Å². The van der Waals surface area contributed by atoms with Gasteiger partial charge in [0.25, 0.3) is 5.91 Å². The number of carbonyl (C=O) groups is 2. The number of ether oxygens (including phenoxy) is 2. The number of carboxylic acid groups (broad SMARTS) is 1. The lowest BCUT2D eigenvalue weighted by Crippen LogP contribution is -2.51. The van der Waals surface area contributed by atoms with E-state index in [9.17, 15) is 14.7 Å². The number of hydrogen-bond acceptors (Lipinski definition) is 4. The molecule has 1 atom stereocenters. The molecule has 0 bridgehead atoms. The summed E-state index contributed by atoms with van der Waals surface area (Å²) in [5.41, 5.74) is -1.10. The molecule has 2 N–H and O–H groups in total. The van der Waals surface area contributed by atoms with Gasteiger partial charge in [0.05, 0.1) is 19.8 Å². The van der Waals surface area contributed by atoms with E-state index >= 15 is 0 Å². The number of carbonyl (C=O) groups excluding carboxylic acids is 1. The number of amides is 1. The molecular formula is C14H19NO5. The zero-order valence-electron chi connectivity index (χ0n) is 12.0. The van der Waals surface area contributed by atoms with E-state index in [1.807, 2.05) is 0 Å². The molecule has 1 unspecified atom stereocenters. The van der Waals surface area contributed by atoms with Crippen LogP contribution in [0.3, 0.4) is 0 Å². The molecule has 1 amide bonds. The van der Waals surface area contributed by atoms with Gasteiger partial charge in [0.2, 0.25) is 0 Å². The van der Waals surface area contributed by atoms with Crippen LogP contribution in [0.15, 0.2) is 18.2 Å². The van der Waals surface area contributed by atoms with Gasteiger partial charge >= 0.3 is 5.97 Å². The van der Waals surface area contributed by atoms with Crippen LogP contribution in [0.4, 0.5) is 0 Å². The molecule has 110 valence electrons. The van der Waals surface area contributed by atoms with E-state index in [1.54, 1.807) is 19.1 Å². The van der Waals surface area contributed by atoms with Gasteiger partial charge in [-0.15, -0.1) is 0 Å². The lowest BCUT2D eigenvalue weighted by atomic mass is 9.98. The Morgan fingerprint density at radius 2 is 1.95 bits per heavy atom. The molecule has 0 fully saturated rings. The minimum absolute atomic E-state index is 0.229. The van der Waals surface area contributed by atoms with Crippen LogP contribution in [0.5, 0.6) is 11.5 Å². The van der Waals surface area contributed by atoms with Crippen LogP contribution >= 0.6 is 0 Å². The quantitative estimate of drug-likeness (QED) is 0.828. The lowest BCUT2D eigenvalue weighted by molar-refractivity contribution is -0.143. The van der Waals surface area contributed by atoms with Gasteiger partial charge in [0.15, 0.2) is 0 Å². The maximum absolute atomic E-state index is 12.3. The van der Waals surface area contributed by atoms with Crippen molar-refractivity contribution in [2.75, 3.05) is 14.2 Å². The molecule has 0 heterocycles. The summed E-state index contributed by atoms with van der Waals surface area (Å²) >= 11 is 0. The number of carboxylic acids is 1. The number of nitrogens with one attached hydrogen (secondary N) is 1. The molecule has 0 saturated carbocycles. The van der Waals surface area contributed by atoms with Crippen molar-refractivity contribution in [2.45, 2.75) is 25.8 Å². The van der Waals surface area contributed by atoms with Crippen molar-refractivity contribution >= 4 is 11.9 Å². The lowest BCUT2D eigenvalue weighted by Gasteiger charge is -2.25. The van der Waals surface area contributed by atoms with E-state index in [0.717, 1.165) is 0 Å². The predicted molar refractivity (Wildman–Crippen MR) is 73.3 cm³/mol. The van der Waals surface area contributed by atoms with E-state index in [4.69, 9.17) is 9.47 Å². The first-order chi connectivity index (χ1) is 9.37. The van der Waals surface area contributed by atoms with Crippen LogP contribution in [0.2, 0.25) is 0 Å². The number of aliphatic carboxylic acids is 1. The van der Waals surface area contributed by atoms with Gasteiger partial charge in [-0.1, -0.05) is 6.92 Å². The molecule has 1 rings (SSSR count). The highest BCUT2D eigenvalue weighted by atomic mass is 16.5. The SMILES string of the molecule is CCC(C)(NC(=O)c1cc(OC)ccc1OC)C(=O)O. The molecule has 6 nitrogen and oxygen atoms in total. The van der Waals surface area contributed by atoms with Crippen LogP contribution < -0.4 is 14.8 Å². The van der Waals surface area contributed by atoms with Gasteiger partial charge in [-0.05, 0) is 31.5 Å². The van der Waals surface area contributed by atoms with Crippen molar-refractivity contribution in [3.63, 3.8) is 0 Å². The third kappa shape index (κ3) is 3.20. The highest BCUT2D eigenvalue weighted by Crippen LogP contribution is 2.24. The number of hydrogen-bond donors (Lipinski definition) is 2. The van der Waals surface area contributed by atoms with E-state index in [-0.39, 0.29) is 12.0 Å². The summed E-state index contributed by atoms with van der Waals surface area (Å²) in [6.07, 6.45) is 0.264. The van der Waals surface area contributed by atoms with Crippen LogP contribution in [-0.2, 0) is 4.79 Å². The summed E-state index contributed by atoms with van der Waals surface area (Å²) in [5, 5.41) is 11.7. The minimum atomic E-state index is -1.33. The van der Waals surface area contributed by atoms with Gasteiger partial charge < -0.3 is 19.9 Å². The maximum atomic E-state index is 12.3. The fourth-order valence-corrected chi connectivity index (χ4v) is 1.60. The monoisotopic (exact) mass is 281 g/mol. The van der Waals surface area contributed by atoms with Crippen molar-refractivity contribution in [1.82, 2.24) is 5.32 Å². The third-order valence-electron chi connectivity index (χ3n) is 3.22. The van der Waals surface area contributed by atoms with Gasteiger partial charge in [-0.3, -0.25) is 4.79 Å². The van der Waals surface area contributed by atoms with Crippen LogP contribution in [0.25, 0.3) is 0 Å². The third-order valence-corrected chi connectivity index (χ3v) is 3.22. The number of benzene rings is 1. The standard InChI is InChI=1S/C14H19NO5/c1-5-14(2,13(17)18)15-12(16)10-8-9(19-3)6-7-11(10)20-4/h6-8H,5H2,1-4H3,(H,15,16)(H,17,18). The molecular weight excluding hydrogens is 262 g/mol. The first kappa shape index (κ1) is 15.8. The Bertz CT molecular complexity index is 514. The smallest absolute Gasteiger partial charge is 0.329 e. The Balaban J connectivity index is 3.11. The van der Waals surface area contributed by atoms with Crippen molar-refractivity contribution in [3.8, 4) is 11.5 Å². The maximum Gasteiger partial charge on any atom is 0.329 e. The van der Waals surface area contributed by atoms with E-state index in [1.165, 1.54) is 27.2 Å². The van der Waals surface area contributed by atoms with Crippen molar-refractivity contribution in [2.24, 2.45) is 0 Å². The van der Waals surface area contributed by atoms with Gasteiger partial charge in [0, 0.05) is 0 Å². The molecule has 1 aromatic carbocycles. The zero-order chi connectivity index (χ0) is 15.3. The minimum Gasteiger partial charge on any atom is -0.497 e. The van der Waals surface area contributed by atoms with Gasteiger partial charge in [0.1, 0.15) is 17.0 Å². The second-order valence-corrected chi connectivity index (χ2v) is 4.51. The molecule has 0 spiro atoms. The average Bonchev–Trinajstić information content (AvgIpc) is 2.45. The van der Waals surface area contributed by atoms with E-state index < -0.39 is 17.4 Å². The summed E-state index contributed by atoms with van der Waals surface area (Å²) in [4.78, 5) is 23.5. The summed E-state index contributed by atoms with van der Waals surface area (Å²) in [6, 6.07) is 4.76. The molecule has 0 aromatic heterocycles. The molecule has 1 aromatic rings. The Morgan fingerprint density at radius 1 is 1.30 bits per heavy atom. The van der Waals surface area contributed by atoms with Gasteiger partial charge in [-0.2, -0.15) is 0 Å². The fourth-order valence-electron chi connectivity index (χ4n) is 1.60. The topological polar surface area (TPSA) is 84.9 Å². The molecule has 0 saturated heterocycles. The second kappa shape index (κ2) is 6.27. The molecule has 20 heavy (non-hydrogen) atoms. The Morgan fingerprint density at radius 3 is 2.40 bits per heavy atom. The van der Waals surface area contributed by atoms with Crippen LogP contribution in [-0.4, -0.2) is 36.7 Å². The van der Waals surface area contributed by atoms with Crippen molar-refractivity contribution < 1.29 is 24.2 Å². The zero-order valence-corrected chi connectivity index (χ0v) is 12.0. The summed E-state index contributed by atoms with van der Waals surface area (Å²) in [6.45, 7) is 3.15. The Hall–Kier alpha value is -2.24. The van der Waals surface area contributed by atoms with Gasteiger partial charge in [-0.25, -0.2) is 4.79 Å². The summed E-state index contributed by atoms with van der Waals surface area (Å²) in [5.74, 6) is -0.765. The Kier molecular flexibility index (Phi) is 4.96. The number of methoxy groups -OCH3 is 2. The molecule has 0 aliphatic carbocycles. The predicted octanol–water partition coefficient (Wildman–Crippen LogP) is 1.69. The fraction of sp³-hybridized carbons (Fsp3) is 0.429. The van der Waals surface area contributed by atoms with Crippen LogP contribution in [0, 0.1) is 0 Å². The second-order valence-electron chi connectivity index (χ2n) is 4.51. The highest BCUT2D eigenvalue weighted by Gasteiger charge is 2.33.